The van der Waals surface area contributed by atoms with Crippen LogP contribution in [0.1, 0.15) is 27.7 Å². The van der Waals surface area contributed by atoms with Gasteiger partial charge in [0.1, 0.15) is 6.04 Å². The van der Waals surface area contributed by atoms with Gasteiger partial charge in [-0.15, -0.1) is 0 Å². The summed E-state index contributed by atoms with van der Waals surface area (Å²) in [4.78, 5) is 22.4. The van der Waals surface area contributed by atoms with Crippen molar-refractivity contribution in [1.29, 1.82) is 0 Å². The van der Waals surface area contributed by atoms with E-state index in [1.54, 1.807) is 20.8 Å². The van der Waals surface area contributed by atoms with Crippen molar-refractivity contribution in [2.24, 2.45) is 5.41 Å². The molecule has 0 saturated carbocycles. The van der Waals surface area contributed by atoms with Gasteiger partial charge in [-0.3, -0.25) is 9.59 Å². The number of rotatable bonds is 4. The van der Waals surface area contributed by atoms with Gasteiger partial charge in [0.15, 0.2) is 11.5 Å². The molecule has 3 N–H and O–H groups in total. The maximum Gasteiger partial charge on any atom is 0.325 e. The van der Waals surface area contributed by atoms with Gasteiger partial charge in [0, 0.05) is 11.8 Å². The van der Waals surface area contributed by atoms with Gasteiger partial charge in [-0.2, -0.15) is 0 Å². The fourth-order valence-electron chi connectivity index (χ4n) is 1.26. The number of hydrogen-bond donors (Lipinski definition) is 3. The van der Waals surface area contributed by atoms with Crippen LogP contribution < -0.4 is 10.1 Å². The Hall–Kier alpha value is -2.24. The van der Waals surface area contributed by atoms with Crippen molar-refractivity contribution in [3.8, 4) is 11.5 Å². The number of aliphatic carboxylic acids is 1. The van der Waals surface area contributed by atoms with Gasteiger partial charge in [0.25, 0.3) is 0 Å². The predicted molar refractivity (Wildman–Crippen MR) is 73.9 cm³/mol. The molecule has 1 aromatic carbocycles. The van der Waals surface area contributed by atoms with Crippen LogP contribution in [0.3, 0.4) is 0 Å². The molecule has 6 heteroatoms. The van der Waals surface area contributed by atoms with Crippen molar-refractivity contribution in [3.63, 3.8) is 0 Å². The highest BCUT2D eigenvalue weighted by atomic mass is 16.5. The molecule has 110 valence electrons. The zero-order valence-corrected chi connectivity index (χ0v) is 11.9. The Morgan fingerprint density at radius 3 is 2.35 bits per heavy atom. The molecule has 0 aromatic heterocycles. The summed E-state index contributed by atoms with van der Waals surface area (Å²) < 4.78 is 5.08. The second kappa shape index (κ2) is 5.81. The summed E-state index contributed by atoms with van der Waals surface area (Å²) in [5, 5.41) is 21.3. The largest absolute Gasteiger partial charge is 0.504 e. The van der Waals surface area contributed by atoms with E-state index in [4.69, 9.17) is 9.84 Å². The van der Waals surface area contributed by atoms with Gasteiger partial charge >= 0.3 is 11.9 Å². The third-order valence-electron chi connectivity index (χ3n) is 2.53. The number of carbonyl (C=O) groups is 2. The third kappa shape index (κ3) is 4.15. The highest BCUT2D eigenvalue weighted by Gasteiger charge is 2.24. The number of benzene rings is 1. The molecule has 0 bridgehead atoms. The molecule has 0 unspecified atom stereocenters. The smallest absolute Gasteiger partial charge is 0.325 e. The molecular formula is C14H19NO5. The average molecular weight is 281 g/mol. The van der Waals surface area contributed by atoms with Crippen LogP contribution >= 0.6 is 0 Å². The zero-order valence-electron chi connectivity index (χ0n) is 11.9. The monoisotopic (exact) mass is 281 g/mol. The minimum atomic E-state index is -1.01. The molecule has 6 nitrogen and oxygen atoms in total. The quantitative estimate of drug-likeness (QED) is 0.578. The first-order chi connectivity index (χ1) is 9.11. The summed E-state index contributed by atoms with van der Waals surface area (Å²) in [5.74, 6) is -1.66. The van der Waals surface area contributed by atoms with Crippen molar-refractivity contribution < 1.29 is 24.5 Å². The van der Waals surface area contributed by atoms with E-state index in [2.05, 4.69) is 5.32 Å². The van der Waals surface area contributed by atoms with Crippen LogP contribution in [-0.4, -0.2) is 28.2 Å². The molecule has 1 atom stereocenters. The van der Waals surface area contributed by atoms with Gasteiger partial charge in [-0.25, -0.2) is 0 Å². The first-order valence-electron chi connectivity index (χ1n) is 6.16. The topological polar surface area (TPSA) is 95.9 Å². The number of carboxylic acids is 1. The molecule has 0 radical (unpaired) electrons. The lowest BCUT2D eigenvalue weighted by atomic mass is 9.97. The molecule has 1 aromatic rings. The van der Waals surface area contributed by atoms with Gasteiger partial charge < -0.3 is 20.3 Å². The summed E-state index contributed by atoms with van der Waals surface area (Å²) in [6.45, 7) is 6.59. The van der Waals surface area contributed by atoms with Gasteiger partial charge in [0.2, 0.25) is 0 Å². The maximum atomic E-state index is 11.7. The fraction of sp³-hybridized carbons (Fsp3) is 0.429. The lowest BCUT2D eigenvalue weighted by Crippen LogP contribution is -2.26. The number of aromatic hydroxyl groups is 1. The number of phenolic OH excluding ortho intramolecular Hbond substituents is 1. The lowest BCUT2D eigenvalue weighted by Gasteiger charge is -2.17. The lowest BCUT2D eigenvalue weighted by molar-refractivity contribution is -0.143. The highest BCUT2D eigenvalue weighted by molar-refractivity contribution is 5.79. The number of carbonyl (C=O) groups excluding carboxylic acids is 1. The SMILES string of the molecule is C[C@H](Nc1ccc(OC(=O)C(C)(C)C)c(O)c1)C(=O)O. The summed E-state index contributed by atoms with van der Waals surface area (Å²) in [5.41, 5.74) is -0.255. The second-order valence-corrected chi connectivity index (χ2v) is 5.53. The molecule has 1 rings (SSSR count). The molecule has 0 saturated heterocycles. The number of ether oxygens (including phenoxy) is 1. The standard InChI is InChI=1S/C14H19NO5/c1-8(12(17)18)15-9-5-6-11(10(16)7-9)20-13(19)14(2,3)4/h5-8,15-16H,1-4H3,(H,17,18)/t8-/m0/s1. The van der Waals surface area contributed by atoms with Crippen LogP contribution in [0.2, 0.25) is 0 Å². The van der Waals surface area contributed by atoms with E-state index in [0.717, 1.165) is 0 Å². The number of carboxylic acid groups (broad SMARTS) is 1. The van der Waals surface area contributed by atoms with E-state index in [1.807, 2.05) is 0 Å². The number of anilines is 1. The fourth-order valence-corrected chi connectivity index (χ4v) is 1.26. The summed E-state index contributed by atoms with van der Waals surface area (Å²) in [6.07, 6.45) is 0. The molecule has 0 amide bonds. The Labute approximate surface area is 117 Å². The molecule has 0 aliphatic carbocycles. The molecular weight excluding hydrogens is 262 g/mol. The van der Waals surface area contributed by atoms with Crippen molar-refractivity contribution in [2.45, 2.75) is 33.7 Å². The molecule has 0 aliphatic rings. The van der Waals surface area contributed by atoms with Crippen molar-refractivity contribution >= 4 is 17.6 Å². The molecule has 0 spiro atoms. The predicted octanol–water partition coefficient (Wildman–Crippen LogP) is 2.23. The van der Waals surface area contributed by atoms with Gasteiger partial charge in [-0.1, -0.05) is 0 Å². The molecule has 0 fully saturated rings. The van der Waals surface area contributed by atoms with E-state index in [-0.39, 0.29) is 11.5 Å². The first-order valence-corrected chi connectivity index (χ1v) is 6.16. The van der Waals surface area contributed by atoms with Crippen LogP contribution in [0.4, 0.5) is 5.69 Å². The Bertz CT molecular complexity index is 519. The van der Waals surface area contributed by atoms with Crippen LogP contribution in [0.5, 0.6) is 11.5 Å². The Kier molecular flexibility index (Phi) is 4.60. The van der Waals surface area contributed by atoms with Gasteiger partial charge in [-0.05, 0) is 39.8 Å². The van der Waals surface area contributed by atoms with Crippen LogP contribution in [0.15, 0.2) is 18.2 Å². The zero-order chi connectivity index (χ0) is 15.5. The number of hydrogen-bond acceptors (Lipinski definition) is 5. The average Bonchev–Trinajstić information content (AvgIpc) is 2.31. The van der Waals surface area contributed by atoms with Crippen molar-refractivity contribution in [1.82, 2.24) is 0 Å². The normalized spacial score (nSPS) is 12.6. The first kappa shape index (κ1) is 15.8. The summed E-state index contributed by atoms with van der Waals surface area (Å²) >= 11 is 0. The van der Waals surface area contributed by atoms with E-state index >= 15 is 0 Å². The minimum absolute atomic E-state index is 0.0402. The molecule has 0 aliphatic heterocycles. The number of esters is 1. The van der Waals surface area contributed by atoms with Gasteiger partial charge in [0.05, 0.1) is 5.41 Å². The Balaban J connectivity index is 2.84. The summed E-state index contributed by atoms with van der Waals surface area (Å²) in [7, 11) is 0. The number of phenols is 1. The second-order valence-electron chi connectivity index (χ2n) is 5.53. The summed E-state index contributed by atoms with van der Waals surface area (Å²) in [6, 6.07) is 3.46. The van der Waals surface area contributed by atoms with E-state index in [0.29, 0.717) is 5.69 Å². The van der Waals surface area contributed by atoms with Crippen molar-refractivity contribution in [2.75, 3.05) is 5.32 Å². The maximum absolute atomic E-state index is 11.7. The van der Waals surface area contributed by atoms with E-state index in [9.17, 15) is 14.7 Å². The third-order valence-corrected chi connectivity index (χ3v) is 2.53. The number of nitrogens with one attached hydrogen (secondary N) is 1. The molecule has 0 heterocycles. The van der Waals surface area contributed by atoms with E-state index in [1.165, 1.54) is 25.1 Å². The minimum Gasteiger partial charge on any atom is -0.504 e. The van der Waals surface area contributed by atoms with Crippen LogP contribution in [-0.2, 0) is 9.59 Å². The highest BCUT2D eigenvalue weighted by Crippen LogP contribution is 2.31. The Morgan fingerprint density at radius 2 is 1.90 bits per heavy atom. The molecule has 20 heavy (non-hydrogen) atoms. The Morgan fingerprint density at radius 1 is 1.30 bits per heavy atom. The van der Waals surface area contributed by atoms with Crippen molar-refractivity contribution in [3.05, 3.63) is 18.2 Å². The van der Waals surface area contributed by atoms with Crippen LogP contribution in [0.25, 0.3) is 0 Å². The van der Waals surface area contributed by atoms with E-state index < -0.39 is 23.4 Å². The van der Waals surface area contributed by atoms with Crippen LogP contribution in [0, 0.1) is 5.41 Å².